The summed E-state index contributed by atoms with van der Waals surface area (Å²) >= 11 is 2.46. The number of nitrogens with one attached hydrogen (secondary N) is 1. The molecule has 1 N–H and O–H groups in total. The molecule has 1 amide bonds. The van der Waals surface area contributed by atoms with Gasteiger partial charge in [-0.3, -0.25) is 10.1 Å². The van der Waals surface area contributed by atoms with E-state index in [9.17, 15) is 4.79 Å². The predicted molar refractivity (Wildman–Crippen MR) is 86.9 cm³/mol. The highest BCUT2D eigenvalue weighted by Crippen LogP contribution is 2.19. The molecule has 0 saturated carbocycles. The van der Waals surface area contributed by atoms with E-state index >= 15 is 0 Å². The van der Waals surface area contributed by atoms with Gasteiger partial charge in [-0.05, 0) is 30.0 Å². The number of benzene rings is 1. The van der Waals surface area contributed by atoms with Crippen LogP contribution in [0.2, 0.25) is 0 Å². The summed E-state index contributed by atoms with van der Waals surface area (Å²) in [4.78, 5) is 16.2. The van der Waals surface area contributed by atoms with Crippen molar-refractivity contribution in [2.24, 2.45) is 0 Å². The number of anilines is 1. The molecule has 0 saturated heterocycles. The van der Waals surface area contributed by atoms with Crippen LogP contribution in [0.3, 0.4) is 0 Å². The number of carbonyl (C=O) groups is 1. The zero-order valence-corrected chi connectivity index (χ0v) is 13.5. The molecule has 0 radical (unpaired) electrons. The van der Waals surface area contributed by atoms with Crippen molar-refractivity contribution in [3.8, 4) is 11.8 Å². The minimum Gasteiger partial charge on any atom is -0.497 e. The molecule has 0 aliphatic heterocycles. The fraction of sp³-hybridized carbons (Fsp3) is 0.143. The summed E-state index contributed by atoms with van der Waals surface area (Å²) in [6.45, 7) is 0. The smallest absolute Gasteiger partial charge is 0.268 e. The minimum atomic E-state index is -0.512. The van der Waals surface area contributed by atoms with Gasteiger partial charge in [0.1, 0.15) is 17.4 Å². The van der Waals surface area contributed by atoms with Gasteiger partial charge in [-0.15, -0.1) is 0 Å². The van der Waals surface area contributed by atoms with Crippen LogP contribution in [0.25, 0.3) is 6.08 Å². The Morgan fingerprint density at radius 1 is 1.45 bits per heavy atom. The summed E-state index contributed by atoms with van der Waals surface area (Å²) in [7, 11) is 1.57. The largest absolute Gasteiger partial charge is 0.497 e. The lowest BCUT2D eigenvalue weighted by atomic mass is 10.1. The third-order valence-electron chi connectivity index (χ3n) is 2.60. The van der Waals surface area contributed by atoms with Crippen molar-refractivity contribution in [3.63, 3.8) is 0 Å². The molecule has 0 aliphatic rings. The first-order valence-electron chi connectivity index (χ1n) is 6.11. The SMILES string of the molecule is COc1ccc(C=C(C#N)C(=O)Nc2nc(SC)ns2)cc1. The van der Waals surface area contributed by atoms with Crippen LogP contribution in [-0.4, -0.2) is 28.6 Å². The quantitative estimate of drug-likeness (QED) is 0.514. The number of carbonyl (C=O) groups excluding carboxylic acids is 1. The Balaban J connectivity index is 2.13. The highest BCUT2D eigenvalue weighted by atomic mass is 32.2. The summed E-state index contributed by atoms with van der Waals surface area (Å²) in [6, 6.07) is 8.93. The number of ether oxygens (including phenoxy) is 1. The van der Waals surface area contributed by atoms with Gasteiger partial charge in [-0.2, -0.15) is 14.6 Å². The number of methoxy groups -OCH3 is 1. The molecule has 0 aliphatic carbocycles. The number of nitriles is 1. The second-order valence-electron chi connectivity index (χ2n) is 3.98. The van der Waals surface area contributed by atoms with Crippen LogP contribution in [0, 0.1) is 11.3 Å². The monoisotopic (exact) mass is 332 g/mol. The van der Waals surface area contributed by atoms with Gasteiger partial charge in [-0.25, -0.2) is 0 Å². The molecular weight excluding hydrogens is 320 g/mol. The van der Waals surface area contributed by atoms with Gasteiger partial charge in [0.05, 0.1) is 7.11 Å². The first kappa shape index (κ1) is 16.0. The second-order valence-corrected chi connectivity index (χ2v) is 5.51. The topological polar surface area (TPSA) is 87.9 Å². The van der Waals surface area contributed by atoms with Crippen LogP contribution < -0.4 is 10.1 Å². The maximum atomic E-state index is 12.1. The van der Waals surface area contributed by atoms with E-state index in [4.69, 9.17) is 10.00 Å². The second kappa shape index (κ2) is 7.59. The highest BCUT2D eigenvalue weighted by molar-refractivity contribution is 7.98. The molecular formula is C14H12N4O2S2. The third kappa shape index (κ3) is 4.07. The lowest BCUT2D eigenvalue weighted by Crippen LogP contribution is -2.13. The molecule has 1 aromatic carbocycles. The summed E-state index contributed by atoms with van der Waals surface area (Å²) in [5, 5.41) is 12.7. The number of rotatable bonds is 5. The lowest BCUT2D eigenvalue weighted by Gasteiger charge is -2.01. The van der Waals surface area contributed by atoms with E-state index in [0.29, 0.717) is 16.0 Å². The van der Waals surface area contributed by atoms with Gasteiger partial charge in [0.15, 0.2) is 0 Å². The Morgan fingerprint density at radius 3 is 2.73 bits per heavy atom. The van der Waals surface area contributed by atoms with E-state index in [2.05, 4.69) is 14.7 Å². The molecule has 0 atom stereocenters. The van der Waals surface area contributed by atoms with E-state index in [-0.39, 0.29) is 5.57 Å². The summed E-state index contributed by atoms with van der Waals surface area (Å²) in [5.41, 5.74) is 0.723. The zero-order chi connectivity index (χ0) is 15.9. The van der Waals surface area contributed by atoms with E-state index in [1.807, 2.05) is 12.3 Å². The van der Waals surface area contributed by atoms with E-state index in [0.717, 1.165) is 17.1 Å². The van der Waals surface area contributed by atoms with Crippen molar-refractivity contribution >= 4 is 40.4 Å². The molecule has 0 fully saturated rings. The van der Waals surface area contributed by atoms with Crippen molar-refractivity contribution in [3.05, 3.63) is 35.4 Å². The van der Waals surface area contributed by atoms with E-state index in [1.165, 1.54) is 17.8 Å². The van der Waals surface area contributed by atoms with Crippen molar-refractivity contribution < 1.29 is 9.53 Å². The molecule has 0 bridgehead atoms. The van der Waals surface area contributed by atoms with Crippen LogP contribution >= 0.6 is 23.3 Å². The minimum absolute atomic E-state index is 0.00827. The average molecular weight is 332 g/mol. The Kier molecular flexibility index (Phi) is 5.52. The van der Waals surface area contributed by atoms with Gasteiger partial charge < -0.3 is 4.74 Å². The average Bonchev–Trinajstić information content (AvgIpc) is 3.00. The molecule has 1 heterocycles. The Labute approximate surface area is 136 Å². The molecule has 22 heavy (non-hydrogen) atoms. The highest BCUT2D eigenvalue weighted by Gasteiger charge is 2.12. The van der Waals surface area contributed by atoms with Crippen LogP contribution in [0.5, 0.6) is 5.75 Å². The van der Waals surface area contributed by atoms with Crippen LogP contribution in [0.1, 0.15) is 5.56 Å². The fourth-order valence-corrected chi connectivity index (χ4v) is 2.64. The molecule has 112 valence electrons. The van der Waals surface area contributed by atoms with Crippen molar-refractivity contribution in [1.29, 1.82) is 5.26 Å². The number of aromatic nitrogens is 2. The maximum absolute atomic E-state index is 12.1. The standard InChI is InChI=1S/C14H12N4O2S2/c1-20-11-5-3-9(4-6-11)7-10(8-15)12(19)16-13-17-14(21-2)18-22-13/h3-7H,1-2H3,(H,16,17,18,19). The number of nitrogens with zero attached hydrogens (tertiary/aromatic N) is 3. The fourth-order valence-electron chi connectivity index (χ4n) is 1.52. The zero-order valence-electron chi connectivity index (χ0n) is 11.9. The number of amides is 1. The van der Waals surface area contributed by atoms with Gasteiger partial charge in [0.2, 0.25) is 10.3 Å². The predicted octanol–water partition coefficient (Wildman–Crippen LogP) is 2.81. The molecule has 2 aromatic rings. The van der Waals surface area contributed by atoms with E-state index in [1.54, 1.807) is 31.4 Å². The normalized spacial score (nSPS) is 10.9. The van der Waals surface area contributed by atoms with Crippen LogP contribution in [-0.2, 0) is 4.79 Å². The molecule has 2 rings (SSSR count). The number of thioether (sulfide) groups is 1. The summed E-state index contributed by atoms with van der Waals surface area (Å²) in [6.07, 6.45) is 3.35. The van der Waals surface area contributed by atoms with Crippen LogP contribution in [0.15, 0.2) is 35.0 Å². The summed E-state index contributed by atoms with van der Waals surface area (Å²) in [5.74, 6) is 0.195. The molecule has 8 heteroatoms. The van der Waals surface area contributed by atoms with E-state index < -0.39 is 5.91 Å². The third-order valence-corrected chi connectivity index (χ3v) is 3.90. The van der Waals surface area contributed by atoms with Gasteiger partial charge >= 0.3 is 0 Å². The Hall–Kier alpha value is -2.37. The van der Waals surface area contributed by atoms with Crippen LogP contribution in [0.4, 0.5) is 5.13 Å². The Morgan fingerprint density at radius 2 is 2.18 bits per heavy atom. The van der Waals surface area contributed by atoms with Gasteiger partial charge in [0, 0.05) is 11.5 Å². The van der Waals surface area contributed by atoms with Crippen molar-refractivity contribution in [2.75, 3.05) is 18.7 Å². The Bertz CT molecular complexity index is 732. The first-order chi connectivity index (χ1) is 10.7. The molecule has 0 spiro atoms. The van der Waals surface area contributed by atoms with Crippen molar-refractivity contribution in [2.45, 2.75) is 5.16 Å². The summed E-state index contributed by atoms with van der Waals surface area (Å²) < 4.78 is 9.10. The molecule has 6 nitrogen and oxygen atoms in total. The molecule has 1 aromatic heterocycles. The van der Waals surface area contributed by atoms with Gasteiger partial charge in [-0.1, -0.05) is 23.9 Å². The molecule has 0 unspecified atom stereocenters. The van der Waals surface area contributed by atoms with Crippen molar-refractivity contribution in [1.82, 2.24) is 9.36 Å². The first-order valence-corrected chi connectivity index (χ1v) is 8.11. The number of hydrogen-bond acceptors (Lipinski definition) is 7. The number of hydrogen-bond donors (Lipinski definition) is 1. The van der Waals surface area contributed by atoms with Gasteiger partial charge in [0.25, 0.3) is 5.91 Å². The maximum Gasteiger partial charge on any atom is 0.268 e. The lowest BCUT2D eigenvalue weighted by molar-refractivity contribution is -0.112.